The van der Waals surface area contributed by atoms with Crippen molar-refractivity contribution < 1.29 is 4.39 Å². The lowest BCUT2D eigenvalue weighted by Crippen LogP contribution is -2.12. The minimum atomic E-state index is -0.227. The number of hydrogen-bond acceptors (Lipinski definition) is 4. The molecule has 190 valence electrons. The van der Waals surface area contributed by atoms with Crippen LogP contribution < -0.4 is 11.1 Å². The van der Waals surface area contributed by atoms with Crippen molar-refractivity contribution in [2.75, 3.05) is 0 Å². The molecule has 3 aromatic heterocycles. The Morgan fingerprint density at radius 3 is 2.62 bits per heavy atom. The van der Waals surface area contributed by atoms with Crippen LogP contribution in [0.1, 0.15) is 32.4 Å². The molecule has 3 heterocycles. The van der Waals surface area contributed by atoms with Gasteiger partial charge in [0.15, 0.2) is 5.13 Å². The highest BCUT2D eigenvalue weighted by atomic mass is 32.1. The molecule has 1 fully saturated rings. The fourth-order valence-electron chi connectivity index (χ4n) is 4.16. The zero-order valence-electron chi connectivity index (χ0n) is 21.4. The van der Waals surface area contributed by atoms with Crippen molar-refractivity contribution in [2.24, 2.45) is 11.7 Å². The summed E-state index contributed by atoms with van der Waals surface area (Å²) in [6.45, 7) is 16.3. The Bertz CT molecular complexity index is 1470. The van der Waals surface area contributed by atoms with Gasteiger partial charge in [-0.05, 0) is 91.8 Å². The number of nitrogens with zero attached hydrogens (tertiary/aromatic N) is 1. The molecule has 1 aliphatic carbocycles. The first kappa shape index (κ1) is 26.2. The van der Waals surface area contributed by atoms with Gasteiger partial charge in [-0.2, -0.15) is 4.39 Å². The molecule has 0 atom stereocenters. The number of thiophene rings is 1. The number of H-pyrrole nitrogens is 1. The fourth-order valence-corrected chi connectivity index (χ4v) is 4.90. The Labute approximate surface area is 222 Å². The molecule has 0 spiro atoms. The second-order valence-electron chi connectivity index (χ2n) is 9.11. The van der Waals surface area contributed by atoms with Gasteiger partial charge in [0.05, 0.1) is 10.6 Å². The number of aromatic nitrogens is 2. The predicted octanol–water partition coefficient (Wildman–Crippen LogP) is 7.85. The largest absolute Gasteiger partial charge is 0.399 e. The molecule has 4 nitrogen and oxygen atoms in total. The highest BCUT2D eigenvalue weighted by Crippen LogP contribution is 2.35. The van der Waals surface area contributed by atoms with E-state index in [9.17, 15) is 4.39 Å². The summed E-state index contributed by atoms with van der Waals surface area (Å²) < 4.78 is 13.7. The maximum absolute atomic E-state index is 13.7. The third kappa shape index (κ3) is 6.27. The molecular formula is C31H33FN4S. The average molecular weight is 513 g/mol. The monoisotopic (exact) mass is 512 g/mol. The Morgan fingerprint density at radius 1 is 1.22 bits per heavy atom. The first-order valence-corrected chi connectivity index (χ1v) is 13.1. The summed E-state index contributed by atoms with van der Waals surface area (Å²) in [5, 5.41) is 4.11. The predicted molar refractivity (Wildman–Crippen MR) is 155 cm³/mol. The van der Waals surface area contributed by atoms with Gasteiger partial charge in [0, 0.05) is 46.3 Å². The fraction of sp³-hybridized carbons (Fsp3) is 0.194. The number of nitrogens with two attached hydrogens (primary N) is 1. The van der Waals surface area contributed by atoms with Crippen molar-refractivity contribution in [1.29, 1.82) is 0 Å². The third-order valence-corrected chi connectivity index (χ3v) is 7.29. The maximum atomic E-state index is 13.7. The van der Waals surface area contributed by atoms with Crippen LogP contribution in [-0.2, 0) is 6.42 Å². The first-order chi connectivity index (χ1) is 17.8. The first-order valence-electron chi connectivity index (χ1n) is 12.3. The van der Waals surface area contributed by atoms with E-state index in [0.717, 1.165) is 66.6 Å². The zero-order chi connectivity index (χ0) is 26.5. The highest BCUT2D eigenvalue weighted by Gasteiger charge is 2.24. The lowest BCUT2D eigenvalue weighted by molar-refractivity contribution is 0.657. The summed E-state index contributed by atoms with van der Waals surface area (Å²) in [6, 6.07) is 7.22. The number of fused-ring (bicyclic) bond motifs is 1. The second kappa shape index (κ2) is 11.4. The van der Waals surface area contributed by atoms with Gasteiger partial charge in [0.2, 0.25) is 0 Å². The van der Waals surface area contributed by atoms with Crippen LogP contribution in [0.2, 0.25) is 0 Å². The molecular weight excluding hydrogens is 479 g/mol. The van der Waals surface area contributed by atoms with Crippen molar-refractivity contribution in [3.63, 3.8) is 0 Å². The van der Waals surface area contributed by atoms with E-state index in [2.05, 4.69) is 41.1 Å². The van der Waals surface area contributed by atoms with Crippen LogP contribution in [0.4, 0.5) is 4.39 Å². The number of hydrogen-bond donors (Lipinski definition) is 3. The van der Waals surface area contributed by atoms with Gasteiger partial charge in [0.25, 0.3) is 0 Å². The van der Waals surface area contributed by atoms with Crippen molar-refractivity contribution in [3.05, 3.63) is 125 Å². The minimum absolute atomic E-state index is 0.227. The van der Waals surface area contributed by atoms with Crippen molar-refractivity contribution in [1.82, 2.24) is 15.3 Å². The number of aromatic amines is 1. The molecule has 0 radical (unpaired) electrons. The van der Waals surface area contributed by atoms with Crippen molar-refractivity contribution in [2.45, 2.75) is 33.1 Å². The number of halogens is 1. The molecule has 3 aromatic rings. The summed E-state index contributed by atoms with van der Waals surface area (Å²) >= 11 is 1.09. The Balaban J connectivity index is 1.61. The van der Waals surface area contributed by atoms with E-state index in [1.807, 2.05) is 44.2 Å². The molecule has 4 N–H and O–H groups in total. The normalized spacial score (nSPS) is 15.2. The van der Waals surface area contributed by atoms with E-state index in [1.165, 1.54) is 18.9 Å². The molecule has 4 rings (SSSR count). The lowest BCUT2D eigenvalue weighted by Gasteiger charge is -2.12. The standard InChI is InChI=1S/C31H33FN4S/c1-6-21(16-24(7-2)35-20(5)22-9-10-22)19(4)15-23(27(33)8-3)17-25-18-26-28(36-25)13-14-34-31(26)29-11-12-30(32)37-29/h6-8,11-16,18,22,35-36H,2,4-5,9-10,17,33H2,1,3H3/b21-6+,23-15-,24-16+,27-8+. The second-order valence-corrected chi connectivity index (χ2v) is 10.1. The average Bonchev–Trinajstić information content (AvgIpc) is 3.53. The lowest BCUT2D eigenvalue weighted by atomic mass is 9.98. The third-order valence-electron chi connectivity index (χ3n) is 6.41. The van der Waals surface area contributed by atoms with Gasteiger partial charge in [-0.1, -0.05) is 31.9 Å². The number of rotatable bonds is 11. The van der Waals surface area contributed by atoms with Crippen molar-refractivity contribution >= 4 is 22.2 Å². The topological polar surface area (TPSA) is 66.7 Å². The van der Waals surface area contributed by atoms with Crippen LogP contribution in [0.25, 0.3) is 21.5 Å². The Hall–Kier alpha value is -3.90. The van der Waals surface area contributed by atoms with Crippen LogP contribution in [0.3, 0.4) is 0 Å². The summed E-state index contributed by atoms with van der Waals surface area (Å²) in [6.07, 6.45) is 14.5. The number of pyridine rings is 1. The zero-order valence-corrected chi connectivity index (χ0v) is 22.2. The Morgan fingerprint density at radius 2 is 2.00 bits per heavy atom. The van der Waals surface area contributed by atoms with Gasteiger partial charge in [-0.25, -0.2) is 0 Å². The quantitative estimate of drug-likeness (QED) is 0.229. The molecule has 1 saturated carbocycles. The molecule has 0 bridgehead atoms. The Kier molecular flexibility index (Phi) is 8.09. The van der Waals surface area contributed by atoms with E-state index < -0.39 is 0 Å². The van der Waals surface area contributed by atoms with E-state index in [0.29, 0.717) is 18.0 Å². The highest BCUT2D eigenvalue weighted by molar-refractivity contribution is 7.13. The summed E-state index contributed by atoms with van der Waals surface area (Å²) in [5.41, 5.74) is 14.5. The summed E-state index contributed by atoms with van der Waals surface area (Å²) in [7, 11) is 0. The van der Waals surface area contributed by atoms with Crippen LogP contribution in [0.15, 0.2) is 114 Å². The van der Waals surface area contributed by atoms with Crippen LogP contribution in [0, 0.1) is 11.0 Å². The van der Waals surface area contributed by atoms with Gasteiger partial charge >= 0.3 is 0 Å². The van der Waals surface area contributed by atoms with Gasteiger partial charge in [-0.15, -0.1) is 11.3 Å². The molecule has 0 saturated heterocycles. The minimum Gasteiger partial charge on any atom is -0.399 e. The number of nitrogens with one attached hydrogen (secondary N) is 2. The van der Waals surface area contributed by atoms with Crippen LogP contribution in [0.5, 0.6) is 0 Å². The van der Waals surface area contributed by atoms with Crippen LogP contribution in [-0.4, -0.2) is 9.97 Å². The summed E-state index contributed by atoms with van der Waals surface area (Å²) in [5.74, 6) is 0.549. The molecule has 0 aliphatic heterocycles. The van der Waals surface area contributed by atoms with E-state index in [1.54, 1.807) is 18.3 Å². The summed E-state index contributed by atoms with van der Waals surface area (Å²) in [4.78, 5) is 8.79. The van der Waals surface area contributed by atoms with Crippen LogP contribution >= 0.6 is 11.3 Å². The molecule has 37 heavy (non-hydrogen) atoms. The van der Waals surface area contributed by atoms with E-state index >= 15 is 0 Å². The smallest absolute Gasteiger partial charge is 0.177 e. The van der Waals surface area contributed by atoms with Gasteiger partial charge in [0.1, 0.15) is 0 Å². The molecule has 0 unspecified atom stereocenters. The number of allylic oxidation sites excluding steroid dienone is 9. The molecule has 1 aliphatic rings. The van der Waals surface area contributed by atoms with Crippen molar-refractivity contribution in [3.8, 4) is 10.6 Å². The van der Waals surface area contributed by atoms with Gasteiger partial charge in [-0.3, -0.25) is 4.98 Å². The SMILES string of the molecule is C=C/C(=C\C(=C/C)C(=C)/C=C(Cc1cc2c(-c3ccc(F)s3)nccc2[nH]1)\C(N)=C/C)NC(=C)C1CC1. The maximum Gasteiger partial charge on any atom is 0.177 e. The molecule has 6 heteroatoms. The van der Waals surface area contributed by atoms with E-state index in [-0.39, 0.29) is 5.13 Å². The molecule has 0 amide bonds. The molecule has 0 aromatic carbocycles. The van der Waals surface area contributed by atoms with E-state index in [4.69, 9.17) is 5.73 Å². The van der Waals surface area contributed by atoms with Gasteiger partial charge < -0.3 is 16.0 Å².